The predicted octanol–water partition coefficient (Wildman–Crippen LogP) is 2.94. The molecule has 0 atom stereocenters. The summed E-state index contributed by atoms with van der Waals surface area (Å²) in [4.78, 5) is 16.5. The van der Waals surface area contributed by atoms with E-state index in [1.54, 1.807) is 0 Å². The van der Waals surface area contributed by atoms with Crippen LogP contribution in [0.2, 0.25) is 0 Å². The van der Waals surface area contributed by atoms with Gasteiger partial charge in [-0.2, -0.15) is 0 Å². The van der Waals surface area contributed by atoms with Crippen molar-refractivity contribution in [3.63, 3.8) is 0 Å². The standard InChI is InChI=1S/C16H15N3OS/c17-10-12-6-2-1-5-11(12)9-15(20)19-16-18-13-7-3-4-8-14(13)21-16/h1-8H,9-10,17H2,(H,18,19,20). The quantitative estimate of drug-likeness (QED) is 0.778. The molecule has 3 N–H and O–H groups in total. The molecule has 0 aliphatic heterocycles. The van der Waals surface area contributed by atoms with Gasteiger partial charge in [-0.1, -0.05) is 47.7 Å². The van der Waals surface area contributed by atoms with Crippen LogP contribution in [-0.2, 0) is 17.8 Å². The van der Waals surface area contributed by atoms with Gasteiger partial charge in [-0.25, -0.2) is 4.98 Å². The van der Waals surface area contributed by atoms with Crippen LogP contribution < -0.4 is 11.1 Å². The Kier molecular flexibility index (Phi) is 3.94. The third kappa shape index (κ3) is 3.09. The minimum atomic E-state index is -0.0741. The molecule has 5 heteroatoms. The molecule has 0 bridgehead atoms. The van der Waals surface area contributed by atoms with Crippen molar-refractivity contribution in [2.45, 2.75) is 13.0 Å². The zero-order valence-corrected chi connectivity index (χ0v) is 12.2. The number of hydrogen-bond donors (Lipinski definition) is 2. The Bertz CT molecular complexity index is 749. The van der Waals surface area contributed by atoms with Crippen molar-refractivity contribution < 1.29 is 4.79 Å². The van der Waals surface area contributed by atoms with Crippen molar-refractivity contribution in [2.75, 3.05) is 5.32 Å². The summed E-state index contributed by atoms with van der Waals surface area (Å²) in [5, 5.41) is 3.49. The molecule has 0 fully saturated rings. The summed E-state index contributed by atoms with van der Waals surface area (Å²) in [5.41, 5.74) is 8.55. The van der Waals surface area contributed by atoms with E-state index in [4.69, 9.17) is 5.73 Å². The summed E-state index contributed by atoms with van der Waals surface area (Å²) < 4.78 is 1.06. The highest BCUT2D eigenvalue weighted by atomic mass is 32.1. The molecule has 1 amide bonds. The van der Waals surface area contributed by atoms with Gasteiger partial charge in [-0.15, -0.1) is 0 Å². The van der Waals surface area contributed by atoms with Gasteiger partial charge in [-0.3, -0.25) is 4.79 Å². The number of amides is 1. The van der Waals surface area contributed by atoms with Crippen LogP contribution in [-0.4, -0.2) is 10.9 Å². The molecule has 1 aromatic heterocycles. The number of fused-ring (bicyclic) bond motifs is 1. The van der Waals surface area contributed by atoms with Gasteiger partial charge in [0, 0.05) is 6.54 Å². The van der Waals surface area contributed by atoms with Gasteiger partial charge < -0.3 is 11.1 Å². The van der Waals surface area contributed by atoms with Gasteiger partial charge in [0.25, 0.3) is 0 Å². The monoisotopic (exact) mass is 297 g/mol. The second-order valence-corrected chi connectivity index (χ2v) is 5.72. The molecule has 0 aliphatic rings. The minimum Gasteiger partial charge on any atom is -0.326 e. The predicted molar refractivity (Wildman–Crippen MR) is 86.3 cm³/mol. The van der Waals surface area contributed by atoms with E-state index in [1.807, 2.05) is 48.5 Å². The van der Waals surface area contributed by atoms with Crippen molar-refractivity contribution >= 4 is 32.6 Å². The van der Waals surface area contributed by atoms with Crippen LogP contribution in [0, 0.1) is 0 Å². The van der Waals surface area contributed by atoms with Crippen LogP contribution in [0.3, 0.4) is 0 Å². The smallest absolute Gasteiger partial charge is 0.230 e. The van der Waals surface area contributed by atoms with E-state index >= 15 is 0 Å². The first-order valence-electron chi connectivity index (χ1n) is 6.68. The molecule has 3 aromatic rings. The molecule has 0 saturated heterocycles. The summed E-state index contributed by atoms with van der Waals surface area (Å²) in [7, 11) is 0. The lowest BCUT2D eigenvalue weighted by atomic mass is 10.0. The van der Waals surface area contributed by atoms with Crippen LogP contribution in [0.5, 0.6) is 0 Å². The Hall–Kier alpha value is -2.24. The zero-order valence-electron chi connectivity index (χ0n) is 11.4. The summed E-state index contributed by atoms with van der Waals surface area (Å²) in [5.74, 6) is -0.0741. The average Bonchev–Trinajstić information content (AvgIpc) is 2.89. The first-order chi connectivity index (χ1) is 10.3. The number of nitrogens with one attached hydrogen (secondary N) is 1. The van der Waals surface area contributed by atoms with Crippen LogP contribution >= 0.6 is 11.3 Å². The number of rotatable bonds is 4. The van der Waals surface area contributed by atoms with Gasteiger partial charge in [0.1, 0.15) is 0 Å². The summed E-state index contributed by atoms with van der Waals surface area (Å²) >= 11 is 1.48. The molecule has 0 aliphatic carbocycles. The largest absolute Gasteiger partial charge is 0.326 e. The first kappa shape index (κ1) is 13.7. The number of nitrogens with zero attached hydrogens (tertiary/aromatic N) is 1. The Labute approximate surface area is 126 Å². The van der Waals surface area contributed by atoms with Crippen molar-refractivity contribution in [1.29, 1.82) is 0 Å². The highest BCUT2D eigenvalue weighted by molar-refractivity contribution is 7.22. The molecule has 106 valence electrons. The summed E-state index contributed by atoms with van der Waals surface area (Å²) in [6.45, 7) is 0.435. The van der Waals surface area contributed by atoms with Gasteiger partial charge in [0.2, 0.25) is 5.91 Å². The van der Waals surface area contributed by atoms with Crippen LogP contribution in [0.15, 0.2) is 48.5 Å². The zero-order chi connectivity index (χ0) is 14.7. The number of benzene rings is 2. The number of hydrogen-bond acceptors (Lipinski definition) is 4. The molecular formula is C16H15N3OS. The molecule has 0 unspecified atom stereocenters. The highest BCUT2D eigenvalue weighted by Crippen LogP contribution is 2.25. The number of aromatic nitrogens is 1. The molecule has 1 heterocycles. The molecule has 0 spiro atoms. The van der Waals surface area contributed by atoms with Crippen molar-refractivity contribution in [1.82, 2.24) is 4.98 Å². The number of para-hydroxylation sites is 1. The highest BCUT2D eigenvalue weighted by Gasteiger charge is 2.10. The fourth-order valence-corrected chi connectivity index (χ4v) is 3.07. The maximum atomic E-state index is 12.1. The second-order valence-electron chi connectivity index (χ2n) is 4.68. The molecule has 0 saturated carbocycles. The molecular weight excluding hydrogens is 282 g/mol. The third-order valence-electron chi connectivity index (χ3n) is 3.23. The van der Waals surface area contributed by atoms with Crippen LogP contribution in [0.1, 0.15) is 11.1 Å². The fourth-order valence-electron chi connectivity index (χ4n) is 2.19. The Morgan fingerprint density at radius 1 is 1.10 bits per heavy atom. The van der Waals surface area contributed by atoms with E-state index in [-0.39, 0.29) is 5.91 Å². The third-order valence-corrected chi connectivity index (χ3v) is 4.18. The fraction of sp³-hybridized carbons (Fsp3) is 0.125. The van der Waals surface area contributed by atoms with Crippen LogP contribution in [0.25, 0.3) is 10.2 Å². The van der Waals surface area contributed by atoms with Crippen LogP contribution in [0.4, 0.5) is 5.13 Å². The number of carbonyl (C=O) groups is 1. The molecule has 0 radical (unpaired) electrons. The number of nitrogens with two attached hydrogens (primary N) is 1. The molecule has 2 aromatic carbocycles. The Morgan fingerprint density at radius 2 is 1.81 bits per heavy atom. The molecule has 3 rings (SSSR count). The molecule has 4 nitrogen and oxygen atoms in total. The lowest BCUT2D eigenvalue weighted by Crippen LogP contribution is -2.15. The van der Waals surface area contributed by atoms with E-state index in [0.717, 1.165) is 21.3 Å². The molecule has 21 heavy (non-hydrogen) atoms. The SMILES string of the molecule is NCc1ccccc1CC(=O)Nc1nc2ccccc2s1. The maximum absolute atomic E-state index is 12.1. The maximum Gasteiger partial charge on any atom is 0.230 e. The van der Waals surface area contributed by atoms with E-state index in [2.05, 4.69) is 10.3 Å². The Morgan fingerprint density at radius 3 is 2.57 bits per heavy atom. The first-order valence-corrected chi connectivity index (χ1v) is 7.50. The van der Waals surface area contributed by atoms with E-state index < -0.39 is 0 Å². The lowest BCUT2D eigenvalue weighted by molar-refractivity contribution is -0.115. The van der Waals surface area contributed by atoms with E-state index in [9.17, 15) is 4.79 Å². The number of thiazole rings is 1. The van der Waals surface area contributed by atoms with Gasteiger partial charge in [0.05, 0.1) is 16.6 Å². The van der Waals surface area contributed by atoms with Gasteiger partial charge in [0.15, 0.2) is 5.13 Å². The van der Waals surface area contributed by atoms with E-state index in [1.165, 1.54) is 11.3 Å². The van der Waals surface area contributed by atoms with Gasteiger partial charge >= 0.3 is 0 Å². The van der Waals surface area contributed by atoms with E-state index in [0.29, 0.717) is 18.1 Å². The van der Waals surface area contributed by atoms with Crippen molar-refractivity contribution in [3.8, 4) is 0 Å². The number of carbonyl (C=O) groups excluding carboxylic acids is 1. The van der Waals surface area contributed by atoms with Gasteiger partial charge in [-0.05, 0) is 23.3 Å². The topological polar surface area (TPSA) is 68.0 Å². The summed E-state index contributed by atoms with van der Waals surface area (Å²) in [6.07, 6.45) is 0.309. The summed E-state index contributed by atoms with van der Waals surface area (Å²) in [6, 6.07) is 15.5. The minimum absolute atomic E-state index is 0.0741. The second kappa shape index (κ2) is 6.03. The van der Waals surface area contributed by atoms with Crippen molar-refractivity contribution in [2.24, 2.45) is 5.73 Å². The lowest BCUT2D eigenvalue weighted by Gasteiger charge is -2.06. The Balaban J connectivity index is 1.74. The van der Waals surface area contributed by atoms with Crippen molar-refractivity contribution in [3.05, 3.63) is 59.7 Å². The normalized spacial score (nSPS) is 10.7. The number of anilines is 1. The average molecular weight is 297 g/mol.